The predicted octanol–water partition coefficient (Wildman–Crippen LogP) is 6.14. The van der Waals surface area contributed by atoms with Gasteiger partial charge in [0.25, 0.3) is 0 Å². The summed E-state index contributed by atoms with van der Waals surface area (Å²) in [5.74, 6) is -1.98. The average molecular weight is 693 g/mol. The molecule has 2 saturated heterocycles. The van der Waals surface area contributed by atoms with E-state index in [9.17, 15) is 27.9 Å². The van der Waals surface area contributed by atoms with Crippen LogP contribution in [0.4, 0.5) is 13.2 Å². The molecule has 0 saturated carbocycles. The molecule has 6 rings (SSSR count). The number of ether oxygens (including phenoxy) is 2. The summed E-state index contributed by atoms with van der Waals surface area (Å²) < 4.78 is 52.1. The maximum absolute atomic E-state index is 13.1. The molecule has 4 aromatic rings. The fraction of sp³-hybridized carbons (Fsp3) is 0.333. The van der Waals surface area contributed by atoms with Gasteiger partial charge < -0.3 is 24.8 Å². The van der Waals surface area contributed by atoms with Crippen LogP contribution in [0.25, 0.3) is 11.1 Å². The average Bonchev–Trinajstić information content (AvgIpc) is 3.63. The van der Waals surface area contributed by atoms with E-state index in [1.807, 2.05) is 72.8 Å². The molecule has 256 valence electrons. The van der Waals surface area contributed by atoms with Crippen LogP contribution in [-0.2, 0) is 32.2 Å². The van der Waals surface area contributed by atoms with Crippen LogP contribution < -0.4 is 5.32 Å². The van der Waals surface area contributed by atoms with Gasteiger partial charge in [0.2, 0.25) is 5.91 Å². The molecule has 0 unspecified atom stereocenters. The smallest absolute Gasteiger partial charge is 0.392 e. The summed E-state index contributed by atoms with van der Waals surface area (Å²) in [5, 5.41) is 12.9. The number of benzene rings is 3. The first-order valence-corrected chi connectivity index (χ1v) is 16.9. The number of nitrogens with one attached hydrogen (secondary N) is 1. The van der Waals surface area contributed by atoms with E-state index in [-0.39, 0.29) is 38.3 Å². The number of aromatic nitrogens is 2. The zero-order valence-corrected chi connectivity index (χ0v) is 27.2. The number of aliphatic hydroxyl groups is 1. The summed E-state index contributed by atoms with van der Waals surface area (Å²) >= 11 is 1.51. The van der Waals surface area contributed by atoms with Crippen LogP contribution in [-0.4, -0.2) is 62.4 Å². The largest absolute Gasteiger partial charge is 0.471 e. The zero-order chi connectivity index (χ0) is 34.4. The first-order chi connectivity index (χ1) is 23.7. The summed E-state index contributed by atoms with van der Waals surface area (Å²) in [6.07, 6.45) is -1.57. The molecule has 4 atom stereocenters. The van der Waals surface area contributed by atoms with E-state index in [4.69, 9.17) is 9.47 Å². The van der Waals surface area contributed by atoms with Crippen molar-refractivity contribution < 1.29 is 37.3 Å². The molecular weight excluding hydrogens is 657 g/mol. The van der Waals surface area contributed by atoms with Crippen LogP contribution in [0.1, 0.15) is 53.9 Å². The molecule has 2 aliphatic rings. The van der Waals surface area contributed by atoms with Gasteiger partial charge in [-0.2, -0.15) is 13.2 Å². The van der Waals surface area contributed by atoms with E-state index in [1.165, 1.54) is 11.8 Å². The van der Waals surface area contributed by atoms with Gasteiger partial charge >= 0.3 is 12.1 Å². The van der Waals surface area contributed by atoms with Gasteiger partial charge in [0.15, 0.2) is 11.4 Å². The SMILES string of the molecule is O=C(NCc1ccccc1-c1ccc([C@@H]2O[C@H](CSc3ncccn3)C[C@H](c3ccc(CO)cc3)O2)cc1)[C@@H]1CCCN1C(=O)C(F)(F)F. The Morgan fingerprint density at radius 1 is 0.939 bits per heavy atom. The second-order valence-electron chi connectivity index (χ2n) is 11.8. The molecule has 0 spiro atoms. The van der Waals surface area contributed by atoms with Gasteiger partial charge in [0, 0.05) is 43.2 Å². The Hall–Kier alpha value is -4.30. The highest BCUT2D eigenvalue weighted by Gasteiger charge is 2.47. The Balaban J connectivity index is 1.16. The maximum atomic E-state index is 13.1. The molecule has 1 aromatic heterocycles. The predicted molar refractivity (Wildman–Crippen MR) is 176 cm³/mol. The molecular formula is C36H35F3N4O5S. The van der Waals surface area contributed by atoms with Crippen molar-refractivity contribution in [3.8, 4) is 11.1 Å². The van der Waals surface area contributed by atoms with Crippen LogP contribution in [0.2, 0.25) is 0 Å². The van der Waals surface area contributed by atoms with Gasteiger partial charge in [0.05, 0.1) is 18.8 Å². The minimum atomic E-state index is -5.03. The minimum Gasteiger partial charge on any atom is -0.392 e. The number of alkyl halides is 3. The Labute approximate surface area is 285 Å². The van der Waals surface area contributed by atoms with Crippen molar-refractivity contribution in [2.45, 2.75) is 68.3 Å². The van der Waals surface area contributed by atoms with E-state index < -0.39 is 30.3 Å². The highest BCUT2D eigenvalue weighted by Crippen LogP contribution is 2.40. The molecule has 2 aliphatic heterocycles. The first kappa shape index (κ1) is 34.6. The van der Waals surface area contributed by atoms with Crippen LogP contribution in [0.15, 0.2) is 96.4 Å². The summed E-state index contributed by atoms with van der Waals surface area (Å²) in [6.45, 7) is -0.0687. The van der Waals surface area contributed by atoms with Crippen molar-refractivity contribution in [1.29, 1.82) is 0 Å². The molecule has 3 heterocycles. The van der Waals surface area contributed by atoms with Gasteiger partial charge in [-0.25, -0.2) is 9.97 Å². The number of carbonyl (C=O) groups is 2. The number of carbonyl (C=O) groups excluding carboxylic acids is 2. The summed E-state index contributed by atoms with van der Waals surface area (Å²) in [6, 6.07) is 23.5. The first-order valence-electron chi connectivity index (χ1n) is 15.9. The fourth-order valence-electron chi connectivity index (χ4n) is 6.07. The summed E-state index contributed by atoms with van der Waals surface area (Å²) in [5.41, 5.74) is 5.08. The van der Waals surface area contributed by atoms with E-state index in [2.05, 4.69) is 15.3 Å². The van der Waals surface area contributed by atoms with Crippen molar-refractivity contribution >= 4 is 23.6 Å². The Kier molecular flexibility index (Phi) is 10.9. The fourth-order valence-corrected chi connectivity index (χ4v) is 6.89. The van der Waals surface area contributed by atoms with Crippen LogP contribution in [0.5, 0.6) is 0 Å². The second kappa shape index (κ2) is 15.5. The zero-order valence-electron chi connectivity index (χ0n) is 26.4. The van der Waals surface area contributed by atoms with Crippen LogP contribution >= 0.6 is 11.8 Å². The lowest BCUT2D eigenvalue weighted by molar-refractivity contribution is -0.245. The Morgan fingerprint density at radius 3 is 2.37 bits per heavy atom. The number of aliphatic hydroxyl groups excluding tert-OH is 1. The summed E-state index contributed by atoms with van der Waals surface area (Å²) in [7, 11) is 0. The normalized spacial score (nSPS) is 21.0. The van der Waals surface area contributed by atoms with Gasteiger partial charge in [-0.15, -0.1) is 0 Å². The van der Waals surface area contributed by atoms with E-state index in [1.54, 1.807) is 18.5 Å². The third-order valence-corrected chi connectivity index (χ3v) is 9.59. The lowest BCUT2D eigenvalue weighted by atomic mass is 9.97. The Bertz CT molecular complexity index is 1730. The number of amides is 2. The molecule has 2 amide bonds. The highest BCUT2D eigenvalue weighted by molar-refractivity contribution is 7.99. The van der Waals surface area contributed by atoms with Crippen LogP contribution in [0.3, 0.4) is 0 Å². The van der Waals surface area contributed by atoms with E-state index in [0.29, 0.717) is 28.7 Å². The lowest BCUT2D eigenvalue weighted by Crippen LogP contribution is -2.50. The summed E-state index contributed by atoms with van der Waals surface area (Å²) in [4.78, 5) is 34.0. The van der Waals surface area contributed by atoms with Gasteiger partial charge in [-0.1, -0.05) is 84.6 Å². The second-order valence-corrected chi connectivity index (χ2v) is 12.8. The monoisotopic (exact) mass is 692 g/mol. The lowest BCUT2D eigenvalue weighted by Gasteiger charge is -2.36. The van der Waals surface area contributed by atoms with Crippen molar-refractivity contribution in [3.63, 3.8) is 0 Å². The maximum Gasteiger partial charge on any atom is 0.471 e. The highest BCUT2D eigenvalue weighted by atomic mass is 32.2. The van der Waals surface area contributed by atoms with Crippen molar-refractivity contribution in [1.82, 2.24) is 20.2 Å². The number of halogens is 3. The van der Waals surface area contributed by atoms with E-state index in [0.717, 1.165) is 33.4 Å². The number of rotatable bonds is 10. The third kappa shape index (κ3) is 8.47. The Morgan fingerprint density at radius 2 is 1.65 bits per heavy atom. The van der Waals surface area contributed by atoms with Crippen LogP contribution in [0, 0.1) is 0 Å². The molecule has 0 aliphatic carbocycles. The number of thioether (sulfide) groups is 1. The van der Waals surface area contributed by atoms with Gasteiger partial charge in [-0.05, 0) is 46.7 Å². The van der Waals surface area contributed by atoms with Crippen molar-refractivity contribution in [3.05, 3.63) is 114 Å². The van der Waals surface area contributed by atoms with E-state index >= 15 is 0 Å². The number of nitrogens with zero attached hydrogens (tertiary/aromatic N) is 3. The molecule has 2 N–H and O–H groups in total. The molecule has 2 fully saturated rings. The molecule has 9 nitrogen and oxygen atoms in total. The molecule has 0 radical (unpaired) electrons. The molecule has 13 heteroatoms. The van der Waals surface area contributed by atoms with Crippen molar-refractivity contribution in [2.75, 3.05) is 12.3 Å². The molecule has 49 heavy (non-hydrogen) atoms. The number of likely N-dealkylation sites (tertiary alicyclic amines) is 1. The topological polar surface area (TPSA) is 114 Å². The molecule has 0 bridgehead atoms. The quantitative estimate of drug-likeness (QED) is 0.151. The number of hydrogen-bond acceptors (Lipinski definition) is 8. The third-order valence-electron chi connectivity index (χ3n) is 8.58. The van der Waals surface area contributed by atoms with Crippen molar-refractivity contribution in [2.24, 2.45) is 0 Å². The number of hydrogen-bond donors (Lipinski definition) is 2. The molecule has 3 aromatic carbocycles. The van der Waals surface area contributed by atoms with Gasteiger partial charge in [0.1, 0.15) is 6.04 Å². The van der Waals surface area contributed by atoms with Gasteiger partial charge in [-0.3, -0.25) is 9.59 Å². The standard InChI is InChI=1S/C36H35F3N4O5S/c37-36(38,39)34(46)43-18-3-7-30(43)32(45)42-20-27-5-1-2-6-29(27)24-12-14-26(15-13-24)33-47-28(22-49-35-40-16-4-17-41-35)19-31(48-33)25-10-8-23(21-44)9-11-25/h1-2,4-6,8-17,28,30-31,33,44H,3,7,18-22H2,(H,42,45)/t28-,30-,31+,33+/m0/s1. The minimum absolute atomic E-state index is 0.0438.